The maximum absolute atomic E-state index is 12.8. The van der Waals surface area contributed by atoms with E-state index in [9.17, 15) is 4.79 Å². The first-order valence-corrected chi connectivity index (χ1v) is 8.51. The van der Waals surface area contributed by atoms with Crippen molar-refractivity contribution in [1.29, 1.82) is 0 Å². The van der Waals surface area contributed by atoms with E-state index in [4.69, 9.17) is 9.47 Å². The van der Waals surface area contributed by atoms with Gasteiger partial charge in [0, 0.05) is 17.0 Å². The van der Waals surface area contributed by atoms with Crippen LogP contribution in [0.3, 0.4) is 0 Å². The highest BCUT2D eigenvalue weighted by atomic mass is 79.9. The van der Waals surface area contributed by atoms with Crippen molar-refractivity contribution in [3.63, 3.8) is 0 Å². The van der Waals surface area contributed by atoms with Gasteiger partial charge in [0.2, 0.25) is 0 Å². The molecule has 0 unspecified atom stereocenters. The zero-order chi connectivity index (χ0) is 16.1. The standard InChI is InChI=1S/C16H18BrNO3S/c1-4-18(10-12-6-5-7-22-12)16(19)11-8-13(20-2)15(17)14(9-11)21-3/h5-9H,4,10H2,1-3H3. The van der Waals surface area contributed by atoms with E-state index in [1.165, 1.54) is 0 Å². The van der Waals surface area contributed by atoms with Crippen molar-refractivity contribution in [3.8, 4) is 11.5 Å². The van der Waals surface area contributed by atoms with E-state index in [1.54, 1.807) is 42.6 Å². The molecule has 0 atom stereocenters. The topological polar surface area (TPSA) is 38.8 Å². The molecule has 0 spiro atoms. The van der Waals surface area contributed by atoms with E-state index in [0.717, 1.165) is 4.88 Å². The number of amides is 1. The Morgan fingerprint density at radius 2 is 1.91 bits per heavy atom. The Balaban J connectivity index is 2.30. The fraction of sp³-hybridized carbons (Fsp3) is 0.312. The van der Waals surface area contributed by atoms with Crippen molar-refractivity contribution in [2.45, 2.75) is 13.5 Å². The van der Waals surface area contributed by atoms with Gasteiger partial charge in [-0.05, 0) is 46.4 Å². The number of rotatable bonds is 6. The van der Waals surface area contributed by atoms with E-state index in [1.807, 2.05) is 24.4 Å². The van der Waals surface area contributed by atoms with Gasteiger partial charge in [0.25, 0.3) is 5.91 Å². The molecule has 0 saturated carbocycles. The monoisotopic (exact) mass is 383 g/mol. The first kappa shape index (κ1) is 16.8. The van der Waals surface area contributed by atoms with Crippen LogP contribution in [0.25, 0.3) is 0 Å². The number of thiophene rings is 1. The van der Waals surface area contributed by atoms with E-state index in [-0.39, 0.29) is 5.91 Å². The molecule has 0 aliphatic carbocycles. The fourth-order valence-electron chi connectivity index (χ4n) is 2.09. The van der Waals surface area contributed by atoms with E-state index >= 15 is 0 Å². The van der Waals surface area contributed by atoms with Crippen LogP contribution < -0.4 is 9.47 Å². The molecule has 0 saturated heterocycles. The molecule has 118 valence electrons. The lowest BCUT2D eigenvalue weighted by molar-refractivity contribution is 0.0753. The molecule has 0 radical (unpaired) electrons. The summed E-state index contributed by atoms with van der Waals surface area (Å²) in [6.07, 6.45) is 0. The summed E-state index contributed by atoms with van der Waals surface area (Å²) in [7, 11) is 3.13. The van der Waals surface area contributed by atoms with Crippen LogP contribution in [-0.2, 0) is 6.54 Å². The molecule has 0 bridgehead atoms. The zero-order valence-corrected chi connectivity index (χ0v) is 15.2. The second-order valence-electron chi connectivity index (χ2n) is 4.59. The Labute approximate surface area is 142 Å². The molecule has 4 nitrogen and oxygen atoms in total. The van der Waals surface area contributed by atoms with E-state index < -0.39 is 0 Å². The minimum atomic E-state index is -0.0417. The van der Waals surface area contributed by atoms with Crippen LogP contribution in [0.15, 0.2) is 34.1 Å². The van der Waals surface area contributed by atoms with Gasteiger partial charge >= 0.3 is 0 Å². The van der Waals surface area contributed by atoms with Crippen molar-refractivity contribution < 1.29 is 14.3 Å². The summed E-state index contributed by atoms with van der Waals surface area (Å²) in [6, 6.07) is 7.48. The summed E-state index contributed by atoms with van der Waals surface area (Å²) in [5, 5.41) is 2.01. The Hall–Kier alpha value is -1.53. The molecular weight excluding hydrogens is 366 g/mol. The molecule has 0 fully saturated rings. The summed E-state index contributed by atoms with van der Waals surface area (Å²) < 4.78 is 11.3. The molecule has 1 heterocycles. The maximum Gasteiger partial charge on any atom is 0.254 e. The van der Waals surface area contributed by atoms with Gasteiger partial charge in [-0.1, -0.05) is 6.07 Å². The predicted octanol–water partition coefficient (Wildman–Crippen LogP) is 4.19. The first-order chi connectivity index (χ1) is 10.6. The van der Waals surface area contributed by atoms with Crippen LogP contribution in [0.2, 0.25) is 0 Å². The molecule has 6 heteroatoms. The summed E-state index contributed by atoms with van der Waals surface area (Å²) in [5.74, 6) is 1.12. The maximum atomic E-state index is 12.8. The zero-order valence-electron chi connectivity index (χ0n) is 12.8. The van der Waals surface area contributed by atoms with Crippen molar-refractivity contribution in [3.05, 3.63) is 44.6 Å². The largest absolute Gasteiger partial charge is 0.495 e. The molecule has 22 heavy (non-hydrogen) atoms. The molecule has 1 aromatic heterocycles. The van der Waals surface area contributed by atoms with E-state index in [0.29, 0.717) is 34.6 Å². The smallest absolute Gasteiger partial charge is 0.254 e. The molecule has 1 aromatic carbocycles. The van der Waals surface area contributed by atoms with Gasteiger partial charge in [-0.15, -0.1) is 11.3 Å². The number of benzene rings is 1. The van der Waals surface area contributed by atoms with Crippen LogP contribution >= 0.6 is 27.3 Å². The molecule has 0 aliphatic rings. The highest BCUT2D eigenvalue weighted by Crippen LogP contribution is 2.36. The van der Waals surface area contributed by atoms with Crippen LogP contribution in [0, 0.1) is 0 Å². The van der Waals surface area contributed by atoms with Crippen LogP contribution in [-0.4, -0.2) is 31.6 Å². The SMILES string of the molecule is CCN(Cc1cccs1)C(=O)c1cc(OC)c(Br)c(OC)c1. The van der Waals surface area contributed by atoms with Gasteiger partial charge in [-0.2, -0.15) is 0 Å². The van der Waals surface area contributed by atoms with Gasteiger partial charge in [-0.3, -0.25) is 4.79 Å². The highest BCUT2D eigenvalue weighted by Gasteiger charge is 2.19. The van der Waals surface area contributed by atoms with E-state index in [2.05, 4.69) is 15.9 Å². The molecule has 0 aliphatic heterocycles. The van der Waals surface area contributed by atoms with Crippen molar-refractivity contribution in [2.75, 3.05) is 20.8 Å². The summed E-state index contributed by atoms with van der Waals surface area (Å²) in [6.45, 7) is 3.21. The van der Waals surface area contributed by atoms with Gasteiger partial charge in [-0.25, -0.2) is 0 Å². The van der Waals surface area contributed by atoms with Crippen molar-refractivity contribution >= 4 is 33.2 Å². The normalized spacial score (nSPS) is 10.4. The second kappa shape index (κ2) is 7.65. The number of nitrogens with zero attached hydrogens (tertiary/aromatic N) is 1. The number of hydrogen-bond acceptors (Lipinski definition) is 4. The minimum absolute atomic E-state index is 0.0417. The first-order valence-electron chi connectivity index (χ1n) is 6.83. The molecule has 2 aromatic rings. The Kier molecular flexibility index (Phi) is 5.85. The van der Waals surface area contributed by atoms with Crippen LogP contribution in [0.1, 0.15) is 22.2 Å². The average Bonchev–Trinajstić information content (AvgIpc) is 3.05. The Morgan fingerprint density at radius 3 is 2.36 bits per heavy atom. The van der Waals surface area contributed by atoms with Crippen LogP contribution in [0.4, 0.5) is 0 Å². The van der Waals surface area contributed by atoms with Gasteiger partial charge in [0.15, 0.2) is 0 Å². The number of halogens is 1. The third-order valence-electron chi connectivity index (χ3n) is 3.29. The average molecular weight is 384 g/mol. The molecular formula is C16H18BrNO3S. The summed E-state index contributed by atoms with van der Waals surface area (Å²) in [4.78, 5) is 15.7. The lowest BCUT2D eigenvalue weighted by atomic mass is 10.1. The number of hydrogen-bond donors (Lipinski definition) is 0. The summed E-state index contributed by atoms with van der Waals surface area (Å²) in [5.41, 5.74) is 0.551. The van der Waals surface area contributed by atoms with Gasteiger partial charge < -0.3 is 14.4 Å². The molecule has 1 amide bonds. The number of methoxy groups -OCH3 is 2. The number of ether oxygens (including phenoxy) is 2. The number of carbonyl (C=O) groups is 1. The predicted molar refractivity (Wildman–Crippen MR) is 92.0 cm³/mol. The van der Waals surface area contributed by atoms with Gasteiger partial charge in [0.05, 0.1) is 20.8 Å². The van der Waals surface area contributed by atoms with Crippen molar-refractivity contribution in [2.24, 2.45) is 0 Å². The Morgan fingerprint density at radius 1 is 1.27 bits per heavy atom. The molecule has 2 rings (SSSR count). The Bertz CT molecular complexity index is 618. The lowest BCUT2D eigenvalue weighted by Gasteiger charge is -2.21. The lowest BCUT2D eigenvalue weighted by Crippen LogP contribution is -2.30. The fourth-order valence-corrected chi connectivity index (χ4v) is 3.37. The van der Waals surface area contributed by atoms with Crippen LogP contribution in [0.5, 0.6) is 11.5 Å². The second-order valence-corrected chi connectivity index (χ2v) is 6.42. The highest BCUT2D eigenvalue weighted by molar-refractivity contribution is 9.10. The summed E-state index contributed by atoms with van der Waals surface area (Å²) >= 11 is 5.06. The number of carbonyl (C=O) groups excluding carboxylic acids is 1. The van der Waals surface area contributed by atoms with Crippen molar-refractivity contribution in [1.82, 2.24) is 4.90 Å². The minimum Gasteiger partial charge on any atom is -0.495 e. The van der Waals surface area contributed by atoms with Gasteiger partial charge in [0.1, 0.15) is 16.0 Å². The third-order valence-corrected chi connectivity index (χ3v) is 4.93. The quantitative estimate of drug-likeness (QED) is 0.750. The molecule has 0 N–H and O–H groups in total. The third kappa shape index (κ3) is 3.62.